The molecule has 8 rings (SSSR count). The van der Waals surface area contributed by atoms with Crippen LogP contribution in [0.2, 0.25) is 0 Å². The number of rotatable bonds is 8. The van der Waals surface area contributed by atoms with Crippen molar-refractivity contribution in [1.82, 2.24) is 29.6 Å². The summed E-state index contributed by atoms with van der Waals surface area (Å²) in [5.74, 6) is 1.64. The van der Waals surface area contributed by atoms with E-state index in [1.165, 1.54) is 36.9 Å². The summed E-state index contributed by atoms with van der Waals surface area (Å²) in [5.41, 5.74) is 8.63. The van der Waals surface area contributed by atoms with Crippen LogP contribution in [0.3, 0.4) is 0 Å². The maximum Gasteiger partial charge on any atom is 0.159 e. The Morgan fingerprint density at radius 1 is 0.864 bits per heavy atom. The van der Waals surface area contributed by atoms with Crippen molar-refractivity contribution in [1.29, 1.82) is 0 Å². The second-order valence-corrected chi connectivity index (χ2v) is 11.7. The van der Waals surface area contributed by atoms with Crippen molar-refractivity contribution in [2.45, 2.75) is 25.8 Å². The summed E-state index contributed by atoms with van der Waals surface area (Å²) in [4.78, 5) is 15.9. The van der Waals surface area contributed by atoms with E-state index in [2.05, 4.69) is 92.3 Å². The zero-order valence-electron chi connectivity index (χ0n) is 24.8. The SMILES string of the molecule is COc1ccc(Cn2nc(-c3nc4c(CCN5CCCC5)cccc4[nH]3)c3cc(-c4cncc5ccccc45)ccc32)cc1. The summed E-state index contributed by atoms with van der Waals surface area (Å²) < 4.78 is 7.46. The van der Waals surface area contributed by atoms with Crippen LogP contribution in [0, 0.1) is 0 Å². The van der Waals surface area contributed by atoms with Gasteiger partial charge in [-0.25, -0.2) is 4.98 Å². The molecule has 0 amide bonds. The molecule has 1 aliphatic rings. The van der Waals surface area contributed by atoms with Gasteiger partial charge in [0.15, 0.2) is 5.82 Å². The molecule has 1 aliphatic heterocycles. The molecule has 0 spiro atoms. The lowest BCUT2D eigenvalue weighted by atomic mass is 9.99. The van der Waals surface area contributed by atoms with E-state index in [9.17, 15) is 0 Å². The number of hydrogen-bond acceptors (Lipinski definition) is 5. The standard InChI is InChI=1S/C37H34N6O/c1-44-29-14-11-25(12-15-29)24-43-34-16-13-27(32-23-38-22-28-7-2-3-9-30(28)32)21-31(34)36(41-43)37-39-33-10-6-8-26(35(33)40-37)17-20-42-18-4-5-19-42/h2-3,6-16,21-23H,4-5,17-20,24H2,1H3,(H,39,40). The molecule has 1 saturated heterocycles. The van der Waals surface area contributed by atoms with Crippen molar-refractivity contribution in [3.63, 3.8) is 0 Å². The second kappa shape index (κ2) is 11.2. The van der Waals surface area contributed by atoms with Gasteiger partial charge in [-0.3, -0.25) is 9.67 Å². The van der Waals surface area contributed by atoms with Gasteiger partial charge in [0.1, 0.15) is 11.4 Å². The van der Waals surface area contributed by atoms with Gasteiger partial charge in [-0.2, -0.15) is 5.10 Å². The third-order valence-electron chi connectivity index (χ3n) is 8.94. The Hall–Kier alpha value is -5.01. The monoisotopic (exact) mass is 578 g/mol. The molecular weight excluding hydrogens is 544 g/mol. The predicted octanol–water partition coefficient (Wildman–Crippen LogP) is 7.49. The van der Waals surface area contributed by atoms with Gasteiger partial charge in [-0.1, -0.05) is 54.6 Å². The van der Waals surface area contributed by atoms with E-state index < -0.39 is 0 Å². The van der Waals surface area contributed by atoms with Gasteiger partial charge in [0.2, 0.25) is 0 Å². The number of methoxy groups -OCH3 is 1. The molecule has 0 aliphatic carbocycles. The number of para-hydroxylation sites is 1. The number of aromatic nitrogens is 5. The van der Waals surface area contributed by atoms with Crippen LogP contribution in [0.4, 0.5) is 0 Å². The molecule has 0 unspecified atom stereocenters. The van der Waals surface area contributed by atoms with Crippen LogP contribution < -0.4 is 4.74 Å². The number of H-pyrrole nitrogens is 1. The third kappa shape index (κ3) is 4.89. The molecular formula is C37H34N6O. The normalized spacial score (nSPS) is 13.8. The van der Waals surface area contributed by atoms with E-state index >= 15 is 0 Å². The number of fused-ring (bicyclic) bond motifs is 3. The Balaban J connectivity index is 1.25. The van der Waals surface area contributed by atoms with Crippen LogP contribution in [0.25, 0.3) is 55.4 Å². The Kier molecular flexibility index (Phi) is 6.80. The number of ether oxygens (including phenoxy) is 1. The number of nitrogens with one attached hydrogen (secondary N) is 1. The van der Waals surface area contributed by atoms with Crippen molar-refractivity contribution in [2.75, 3.05) is 26.7 Å². The number of benzene rings is 4. The summed E-state index contributed by atoms with van der Waals surface area (Å²) in [5, 5.41) is 8.56. The van der Waals surface area contributed by atoms with Crippen LogP contribution in [0.5, 0.6) is 5.75 Å². The number of nitrogens with zero attached hydrogens (tertiary/aromatic N) is 5. The molecule has 4 aromatic carbocycles. The highest BCUT2D eigenvalue weighted by molar-refractivity contribution is 6.01. The minimum atomic E-state index is 0.636. The fourth-order valence-corrected chi connectivity index (χ4v) is 6.58. The first-order chi connectivity index (χ1) is 21.7. The number of imidazole rings is 1. The molecule has 0 atom stereocenters. The second-order valence-electron chi connectivity index (χ2n) is 11.7. The lowest BCUT2D eigenvalue weighted by Crippen LogP contribution is -2.21. The topological polar surface area (TPSA) is 71.9 Å². The molecule has 1 N–H and O–H groups in total. The van der Waals surface area contributed by atoms with E-state index in [0.29, 0.717) is 6.54 Å². The lowest BCUT2D eigenvalue weighted by molar-refractivity contribution is 0.344. The van der Waals surface area contributed by atoms with Gasteiger partial charge in [-0.15, -0.1) is 0 Å². The van der Waals surface area contributed by atoms with Crippen LogP contribution in [-0.2, 0) is 13.0 Å². The third-order valence-corrected chi connectivity index (χ3v) is 8.94. The van der Waals surface area contributed by atoms with Gasteiger partial charge in [-0.05, 0) is 84.8 Å². The maximum atomic E-state index is 5.38. The zero-order valence-corrected chi connectivity index (χ0v) is 24.8. The summed E-state index contributed by atoms with van der Waals surface area (Å²) >= 11 is 0. The predicted molar refractivity (Wildman–Crippen MR) is 177 cm³/mol. The minimum Gasteiger partial charge on any atom is -0.497 e. The number of pyridine rings is 1. The van der Waals surface area contributed by atoms with E-state index in [-0.39, 0.29) is 0 Å². The highest BCUT2D eigenvalue weighted by atomic mass is 16.5. The summed E-state index contributed by atoms with van der Waals surface area (Å²) in [6.45, 7) is 4.11. The fourth-order valence-electron chi connectivity index (χ4n) is 6.58. The maximum absolute atomic E-state index is 5.38. The highest BCUT2D eigenvalue weighted by Gasteiger charge is 2.19. The Morgan fingerprint density at radius 2 is 1.73 bits per heavy atom. The molecule has 0 saturated carbocycles. The Labute approximate surface area is 256 Å². The molecule has 3 aromatic heterocycles. The fraction of sp³-hybridized carbons (Fsp3) is 0.216. The van der Waals surface area contributed by atoms with E-state index in [1.54, 1.807) is 7.11 Å². The highest BCUT2D eigenvalue weighted by Crippen LogP contribution is 2.35. The first-order valence-electron chi connectivity index (χ1n) is 15.4. The van der Waals surface area contributed by atoms with Gasteiger partial charge >= 0.3 is 0 Å². The first-order valence-corrected chi connectivity index (χ1v) is 15.4. The molecule has 1 fully saturated rings. The number of aromatic amines is 1. The van der Waals surface area contributed by atoms with Gasteiger partial charge < -0.3 is 14.6 Å². The van der Waals surface area contributed by atoms with Gasteiger partial charge in [0, 0.05) is 35.3 Å². The molecule has 44 heavy (non-hydrogen) atoms. The molecule has 7 heteroatoms. The van der Waals surface area contributed by atoms with Gasteiger partial charge in [0.05, 0.1) is 30.2 Å². The average Bonchev–Trinajstić information content (AvgIpc) is 3.83. The molecule has 7 nitrogen and oxygen atoms in total. The lowest BCUT2D eigenvalue weighted by Gasteiger charge is -2.14. The minimum absolute atomic E-state index is 0.636. The Morgan fingerprint density at radius 3 is 2.59 bits per heavy atom. The number of hydrogen-bond donors (Lipinski definition) is 1. The van der Waals surface area contributed by atoms with Crippen molar-refractivity contribution in [2.24, 2.45) is 0 Å². The van der Waals surface area contributed by atoms with Crippen LogP contribution in [0.1, 0.15) is 24.0 Å². The van der Waals surface area contributed by atoms with Crippen molar-refractivity contribution in [3.05, 3.63) is 108 Å². The first kappa shape index (κ1) is 26.6. The van der Waals surface area contributed by atoms with Crippen LogP contribution in [0.15, 0.2) is 97.3 Å². The Bertz CT molecular complexity index is 2100. The quantitative estimate of drug-likeness (QED) is 0.202. The smallest absolute Gasteiger partial charge is 0.159 e. The molecule has 4 heterocycles. The number of likely N-dealkylation sites (tertiary alicyclic amines) is 1. The summed E-state index contributed by atoms with van der Waals surface area (Å²) in [7, 11) is 1.69. The summed E-state index contributed by atoms with van der Waals surface area (Å²) in [6, 6.07) is 29.7. The van der Waals surface area contributed by atoms with Crippen LogP contribution >= 0.6 is 0 Å². The zero-order chi connectivity index (χ0) is 29.5. The molecule has 0 bridgehead atoms. The van der Waals surface area contributed by atoms with E-state index in [0.717, 1.165) is 74.2 Å². The van der Waals surface area contributed by atoms with E-state index in [4.69, 9.17) is 14.8 Å². The van der Waals surface area contributed by atoms with Crippen LogP contribution in [-0.4, -0.2) is 56.4 Å². The average molecular weight is 579 g/mol. The molecule has 7 aromatic rings. The van der Waals surface area contributed by atoms with Gasteiger partial charge in [0.25, 0.3) is 0 Å². The van der Waals surface area contributed by atoms with Crippen molar-refractivity contribution >= 4 is 32.7 Å². The summed E-state index contributed by atoms with van der Waals surface area (Å²) in [6.07, 6.45) is 7.48. The molecule has 0 radical (unpaired) electrons. The van der Waals surface area contributed by atoms with Crippen molar-refractivity contribution in [3.8, 4) is 28.4 Å². The van der Waals surface area contributed by atoms with E-state index in [1.807, 2.05) is 24.5 Å². The molecule has 218 valence electrons. The largest absolute Gasteiger partial charge is 0.497 e. The van der Waals surface area contributed by atoms with Crippen molar-refractivity contribution < 1.29 is 4.74 Å².